The number of carbonyl (C=O) groups is 1. The molecule has 5 nitrogen and oxygen atoms in total. The van der Waals surface area contributed by atoms with Gasteiger partial charge in [-0.05, 0) is 50.7 Å². The van der Waals surface area contributed by atoms with Crippen LogP contribution < -0.4 is 10.9 Å². The van der Waals surface area contributed by atoms with Gasteiger partial charge in [0.25, 0.3) is 11.5 Å². The van der Waals surface area contributed by atoms with Gasteiger partial charge in [0.1, 0.15) is 5.56 Å². The van der Waals surface area contributed by atoms with E-state index in [1.54, 1.807) is 13.0 Å². The lowest BCUT2D eigenvalue weighted by Gasteiger charge is -2.38. The van der Waals surface area contributed by atoms with Crippen molar-refractivity contribution in [3.63, 3.8) is 0 Å². The van der Waals surface area contributed by atoms with Crippen LogP contribution in [-0.2, 0) is 0 Å². The average molecular weight is 278 g/mol. The lowest BCUT2D eigenvalue weighted by Crippen LogP contribution is -2.54. The van der Waals surface area contributed by atoms with E-state index in [9.17, 15) is 14.7 Å². The van der Waals surface area contributed by atoms with Gasteiger partial charge in [-0.1, -0.05) is 6.92 Å². The van der Waals surface area contributed by atoms with Crippen LogP contribution >= 0.6 is 0 Å². The maximum Gasteiger partial charge on any atom is 0.260 e. The number of aromatic nitrogens is 1. The van der Waals surface area contributed by atoms with Crippen molar-refractivity contribution in [2.75, 3.05) is 6.61 Å². The minimum Gasteiger partial charge on any atom is -0.394 e. The molecule has 3 N–H and O–H groups in total. The summed E-state index contributed by atoms with van der Waals surface area (Å²) in [6.07, 6.45) is 3.45. The van der Waals surface area contributed by atoms with Crippen LogP contribution in [0.1, 0.15) is 48.7 Å². The number of nitrogens with one attached hydrogen (secondary N) is 2. The number of aliphatic hydroxyl groups excluding tert-OH is 1. The van der Waals surface area contributed by atoms with E-state index in [1.807, 2.05) is 0 Å². The zero-order valence-corrected chi connectivity index (χ0v) is 12.0. The molecule has 0 aromatic carbocycles. The third kappa shape index (κ3) is 3.10. The van der Waals surface area contributed by atoms with Crippen molar-refractivity contribution < 1.29 is 9.90 Å². The molecule has 0 aliphatic heterocycles. The number of pyridine rings is 1. The van der Waals surface area contributed by atoms with Gasteiger partial charge in [0.05, 0.1) is 12.1 Å². The molecule has 5 heteroatoms. The standard InChI is InChI=1S/C15H22N2O3/c1-10-5-7-15(9-18,8-6-10)17-14(20)12-4-3-11(2)16-13(12)19/h3-4,10,18H,5-9H2,1-2H3,(H,16,19)(H,17,20). The summed E-state index contributed by atoms with van der Waals surface area (Å²) in [5.41, 5.74) is -0.155. The Labute approximate surface area is 118 Å². The van der Waals surface area contributed by atoms with Crippen molar-refractivity contribution in [2.24, 2.45) is 5.92 Å². The summed E-state index contributed by atoms with van der Waals surface area (Å²) in [6, 6.07) is 3.23. The van der Waals surface area contributed by atoms with Gasteiger partial charge in [-0.2, -0.15) is 0 Å². The largest absolute Gasteiger partial charge is 0.394 e. The zero-order valence-electron chi connectivity index (χ0n) is 12.0. The molecule has 1 amide bonds. The van der Waals surface area contributed by atoms with E-state index >= 15 is 0 Å². The van der Waals surface area contributed by atoms with Gasteiger partial charge in [-0.3, -0.25) is 9.59 Å². The monoisotopic (exact) mass is 278 g/mol. The molecule has 1 aromatic heterocycles. The van der Waals surface area contributed by atoms with Gasteiger partial charge in [0.2, 0.25) is 0 Å². The Hall–Kier alpha value is -1.62. The topological polar surface area (TPSA) is 82.2 Å². The number of hydrogen-bond acceptors (Lipinski definition) is 3. The van der Waals surface area contributed by atoms with Gasteiger partial charge >= 0.3 is 0 Å². The van der Waals surface area contributed by atoms with Crippen molar-refractivity contribution in [1.82, 2.24) is 10.3 Å². The number of aliphatic hydroxyl groups is 1. The molecular formula is C15H22N2O3. The number of rotatable bonds is 3. The van der Waals surface area contributed by atoms with Gasteiger partial charge in [0, 0.05) is 5.69 Å². The Bertz CT molecular complexity index is 542. The number of amides is 1. The van der Waals surface area contributed by atoms with Gasteiger partial charge in [-0.15, -0.1) is 0 Å². The van der Waals surface area contributed by atoms with E-state index < -0.39 is 11.4 Å². The minimum atomic E-state index is -0.582. The third-order valence-electron chi connectivity index (χ3n) is 4.21. The highest BCUT2D eigenvalue weighted by molar-refractivity contribution is 5.94. The molecular weight excluding hydrogens is 256 g/mol. The van der Waals surface area contributed by atoms with Crippen LogP contribution in [0.25, 0.3) is 0 Å². The van der Waals surface area contributed by atoms with Crippen LogP contribution in [0.5, 0.6) is 0 Å². The van der Waals surface area contributed by atoms with Crippen LogP contribution in [0.2, 0.25) is 0 Å². The Kier molecular flexibility index (Phi) is 4.28. The van der Waals surface area contributed by atoms with Crippen molar-refractivity contribution in [3.8, 4) is 0 Å². The molecule has 0 unspecified atom stereocenters. The van der Waals surface area contributed by atoms with Gasteiger partial charge < -0.3 is 15.4 Å². The molecule has 1 saturated carbocycles. The molecule has 1 heterocycles. The smallest absolute Gasteiger partial charge is 0.260 e. The molecule has 0 saturated heterocycles. The number of carbonyl (C=O) groups excluding carboxylic acids is 1. The van der Waals surface area contributed by atoms with Crippen LogP contribution in [0.3, 0.4) is 0 Å². The predicted octanol–water partition coefficient (Wildman–Crippen LogP) is 1.35. The highest BCUT2D eigenvalue weighted by Gasteiger charge is 2.35. The lowest BCUT2D eigenvalue weighted by molar-refractivity contribution is 0.0715. The second-order valence-corrected chi connectivity index (χ2v) is 5.96. The van der Waals surface area contributed by atoms with Crippen LogP contribution in [0.4, 0.5) is 0 Å². The summed E-state index contributed by atoms with van der Waals surface area (Å²) < 4.78 is 0. The van der Waals surface area contributed by atoms with E-state index in [2.05, 4.69) is 17.2 Å². The Morgan fingerprint density at radius 3 is 2.65 bits per heavy atom. The number of aromatic amines is 1. The van der Waals surface area contributed by atoms with Crippen molar-refractivity contribution in [2.45, 2.75) is 45.1 Å². The molecule has 1 aliphatic carbocycles. The molecule has 0 spiro atoms. The average Bonchev–Trinajstić information content (AvgIpc) is 2.41. The Morgan fingerprint density at radius 2 is 2.10 bits per heavy atom. The van der Waals surface area contributed by atoms with Gasteiger partial charge in [0.15, 0.2) is 0 Å². The number of H-pyrrole nitrogens is 1. The van der Waals surface area contributed by atoms with Gasteiger partial charge in [-0.25, -0.2) is 0 Å². The van der Waals surface area contributed by atoms with E-state index in [4.69, 9.17) is 0 Å². The van der Waals surface area contributed by atoms with Crippen LogP contribution in [0, 0.1) is 12.8 Å². The molecule has 2 rings (SSSR count). The maximum absolute atomic E-state index is 12.2. The quantitative estimate of drug-likeness (QED) is 0.780. The summed E-state index contributed by atoms with van der Waals surface area (Å²) in [5.74, 6) is 0.212. The first kappa shape index (κ1) is 14.8. The SMILES string of the molecule is Cc1ccc(C(=O)NC2(CO)CCC(C)CC2)c(=O)[nH]1. The van der Waals surface area contributed by atoms with Crippen molar-refractivity contribution in [1.29, 1.82) is 0 Å². The summed E-state index contributed by atoms with van der Waals surface area (Å²) >= 11 is 0. The maximum atomic E-state index is 12.2. The molecule has 20 heavy (non-hydrogen) atoms. The molecule has 110 valence electrons. The Morgan fingerprint density at radius 1 is 1.45 bits per heavy atom. The van der Waals surface area contributed by atoms with E-state index in [1.165, 1.54) is 6.07 Å². The fourth-order valence-corrected chi connectivity index (χ4v) is 2.70. The highest BCUT2D eigenvalue weighted by Crippen LogP contribution is 2.31. The molecule has 1 fully saturated rings. The third-order valence-corrected chi connectivity index (χ3v) is 4.21. The first-order valence-electron chi connectivity index (χ1n) is 7.09. The summed E-state index contributed by atoms with van der Waals surface area (Å²) in [6.45, 7) is 3.85. The van der Waals surface area contributed by atoms with E-state index in [-0.39, 0.29) is 17.7 Å². The summed E-state index contributed by atoms with van der Waals surface area (Å²) in [5, 5.41) is 12.5. The molecule has 0 atom stereocenters. The van der Waals surface area contributed by atoms with Crippen LogP contribution in [0.15, 0.2) is 16.9 Å². The first-order chi connectivity index (χ1) is 9.46. The fourth-order valence-electron chi connectivity index (χ4n) is 2.70. The number of hydrogen-bond donors (Lipinski definition) is 3. The van der Waals surface area contributed by atoms with Crippen LogP contribution in [-0.4, -0.2) is 28.1 Å². The summed E-state index contributed by atoms with van der Waals surface area (Å²) in [4.78, 5) is 26.7. The second-order valence-electron chi connectivity index (χ2n) is 5.96. The first-order valence-corrected chi connectivity index (χ1v) is 7.09. The highest BCUT2D eigenvalue weighted by atomic mass is 16.3. The molecule has 1 aromatic rings. The minimum absolute atomic E-state index is 0.0881. The van der Waals surface area contributed by atoms with E-state index in [0.29, 0.717) is 5.92 Å². The molecule has 1 aliphatic rings. The normalized spacial score (nSPS) is 26.2. The molecule has 0 radical (unpaired) electrons. The zero-order chi connectivity index (χ0) is 14.8. The second kappa shape index (κ2) is 5.79. The lowest BCUT2D eigenvalue weighted by atomic mass is 9.77. The summed E-state index contributed by atoms with van der Waals surface area (Å²) in [7, 11) is 0. The van der Waals surface area contributed by atoms with Crippen molar-refractivity contribution >= 4 is 5.91 Å². The molecule has 0 bridgehead atoms. The number of aryl methyl sites for hydroxylation is 1. The van der Waals surface area contributed by atoms with Crippen molar-refractivity contribution in [3.05, 3.63) is 33.7 Å². The van der Waals surface area contributed by atoms with E-state index in [0.717, 1.165) is 31.4 Å². The fraction of sp³-hybridized carbons (Fsp3) is 0.600. The predicted molar refractivity (Wildman–Crippen MR) is 76.7 cm³/mol. The Balaban J connectivity index is 2.15.